The van der Waals surface area contributed by atoms with E-state index in [1.807, 2.05) is 4.90 Å². The molecule has 1 aliphatic rings. The van der Waals surface area contributed by atoms with Crippen LogP contribution in [-0.4, -0.2) is 40.6 Å². The van der Waals surface area contributed by atoms with Gasteiger partial charge in [0.25, 0.3) is 5.91 Å². The first kappa shape index (κ1) is 13.3. The van der Waals surface area contributed by atoms with E-state index in [0.717, 1.165) is 25.8 Å². The largest absolute Gasteiger partial charge is 0.396 e. The highest BCUT2D eigenvalue weighted by atomic mass is 35.5. The second kappa shape index (κ2) is 6.16. The van der Waals surface area contributed by atoms with Gasteiger partial charge < -0.3 is 10.0 Å². The van der Waals surface area contributed by atoms with Gasteiger partial charge in [-0.15, -0.1) is 0 Å². The number of carbonyl (C=O) groups is 1. The average molecular weight is 269 g/mol. The van der Waals surface area contributed by atoms with Crippen LogP contribution in [0.25, 0.3) is 0 Å². The molecule has 0 radical (unpaired) electrons. The summed E-state index contributed by atoms with van der Waals surface area (Å²) in [6.45, 7) is 1.64. The normalized spacial score (nSPS) is 19.9. The Balaban J connectivity index is 2.07. The predicted octanol–water partition coefficient (Wildman–Crippen LogP) is 1.97. The summed E-state index contributed by atoms with van der Waals surface area (Å²) in [5.41, 5.74) is 0.462. The van der Waals surface area contributed by atoms with Crippen LogP contribution < -0.4 is 0 Å². The van der Waals surface area contributed by atoms with Crippen molar-refractivity contribution < 1.29 is 9.90 Å². The Bertz CT molecular complexity index is 423. The van der Waals surface area contributed by atoms with Crippen LogP contribution in [0.3, 0.4) is 0 Å². The molecule has 98 valence electrons. The maximum atomic E-state index is 12.3. The molecule has 0 spiro atoms. The number of piperidine rings is 1. The first-order chi connectivity index (χ1) is 8.72. The number of halogens is 1. The van der Waals surface area contributed by atoms with Crippen molar-refractivity contribution in [2.24, 2.45) is 5.92 Å². The van der Waals surface area contributed by atoms with Crippen LogP contribution in [0.2, 0.25) is 5.15 Å². The topological polar surface area (TPSA) is 53.4 Å². The second-order valence-corrected chi connectivity index (χ2v) is 4.97. The molecule has 1 fully saturated rings. The lowest BCUT2D eigenvalue weighted by molar-refractivity contribution is 0.0653. The number of hydrogen-bond acceptors (Lipinski definition) is 3. The molecule has 2 heterocycles. The maximum Gasteiger partial charge on any atom is 0.256 e. The number of nitrogens with zero attached hydrogens (tertiary/aromatic N) is 2. The van der Waals surface area contributed by atoms with E-state index in [-0.39, 0.29) is 17.7 Å². The van der Waals surface area contributed by atoms with E-state index >= 15 is 0 Å². The van der Waals surface area contributed by atoms with E-state index in [2.05, 4.69) is 4.98 Å². The molecule has 0 saturated carbocycles. The molecule has 18 heavy (non-hydrogen) atoms. The van der Waals surface area contributed by atoms with Crippen molar-refractivity contribution in [1.82, 2.24) is 9.88 Å². The van der Waals surface area contributed by atoms with Gasteiger partial charge in [-0.05, 0) is 37.3 Å². The molecule has 5 heteroatoms. The minimum Gasteiger partial charge on any atom is -0.396 e. The number of amides is 1. The molecule has 1 aromatic rings. The fourth-order valence-electron chi connectivity index (χ4n) is 2.38. The first-order valence-corrected chi connectivity index (χ1v) is 6.61. The monoisotopic (exact) mass is 268 g/mol. The molecule has 1 saturated heterocycles. The van der Waals surface area contributed by atoms with Crippen LogP contribution >= 0.6 is 11.6 Å². The summed E-state index contributed by atoms with van der Waals surface area (Å²) in [4.78, 5) is 18.0. The number of aliphatic hydroxyl groups is 1. The van der Waals surface area contributed by atoms with Crippen molar-refractivity contribution >= 4 is 17.5 Å². The Morgan fingerprint density at radius 1 is 1.61 bits per heavy atom. The number of rotatable bonds is 3. The summed E-state index contributed by atoms with van der Waals surface area (Å²) in [5, 5.41) is 9.23. The Morgan fingerprint density at radius 2 is 2.44 bits per heavy atom. The molecule has 1 unspecified atom stereocenters. The number of aromatic nitrogens is 1. The minimum absolute atomic E-state index is 0.0595. The van der Waals surface area contributed by atoms with E-state index in [1.165, 1.54) is 0 Å². The third kappa shape index (κ3) is 3.00. The van der Waals surface area contributed by atoms with Gasteiger partial charge in [-0.25, -0.2) is 4.98 Å². The van der Waals surface area contributed by atoms with Crippen molar-refractivity contribution in [2.75, 3.05) is 19.7 Å². The van der Waals surface area contributed by atoms with Gasteiger partial charge in [-0.1, -0.05) is 11.6 Å². The molecule has 1 aromatic heterocycles. The molecule has 2 rings (SSSR count). The Labute approximate surface area is 112 Å². The van der Waals surface area contributed by atoms with Crippen LogP contribution in [-0.2, 0) is 0 Å². The number of carbonyl (C=O) groups excluding carboxylic acids is 1. The van der Waals surface area contributed by atoms with Gasteiger partial charge in [0.05, 0.1) is 5.56 Å². The summed E-state index contributed by atoms with van der Waals surface area (Å²) < 4.78 is 0. The minimum atomic E-state index is -0.0595. The highest BCUT2D eigenvalue weighted by molar-refractivity contribution is 6.32. The van der Waals surface area contributed by atoms with Crippen LogP contribution in [0.4, 0.5) is 0 Å². The Morgan fingerprint density at radius 3 is 3.17 bits per heavy atom. The van der Waals surface area contributed by atoms with Crippen molar-refractivity contribution in [2.45, 2.75) is 19.3 Å². The van der Waals surface area contributed by atoms with Crippen LogP contribution in [0.5, 0.6) is 0 Å². The number of hydrogen-bond donors (Lipinski definition) is 1. The van der Waals surface area contributed by atoms with Crippen LogP contribution in [0, 0.1) is 5.92 Å². The quantitative estimate of drug-likeness (QED) is 0.853. The van der Waals surface area contributed by atoms with Gasteiger partial charge in [0.15, 0.2) is 0 Å². The lowest BCUT2D eigenvalue weighted by atomic mass is 9.95. The number of aliphatic hydroxyl groups excluding tert-OH is 1. The van der Waals surface area contributed by atoms with Crippen LogP contribution in [0.1, 0.15) is 29.6 Å². The standard InChI is InChI=1S/C13H17ClN2O2/c14-12-11(4-1-6-15-12)13(18)16-7-2-3-10(9-16)5-8-17/h1,4,6,10,17H,2-3,5,7-9H2. The van der Waals surface area contributed by atoms with Gasteiger partial charge in [-0.3, -0.25) is 4.79 Å². The lowest BCUT2D eigenvalue weighted by Gasteiger charge is -2.32. The summed E-state index contributed by atoms with van der Waals surface area (Å²) in [7, 11) is 0. The molecular weight excluding hydrogens is 252 g/mol. The molecular formula is C13H17ClN2O2. The fraction of sp³-hybridized carbons (Fsp3) is 0.538. The zero-order chi connectivity index (χ0) is 13.0. The molecule has 1 N–H and O–H groups in total. The molecule has 4 nitrogen and oxygen atoms in total. The molecule has 0 bridgehead atoms. The Kier molecular flexibility index (Phi) is 4.55. The third-order valence-corrected chi connectivity index (χ3v) is 3.63. The summed E-state index contributed by atoms with van der Waals surface area (Å²) in [6.07, 6.45) is 4.38. The van der Waals surface area contributed by atoms with Gasteiger partial charge in [0.1, 0.15) is 5.15 Å². The van der Waals surface area contributed by atoms with Gasteiger partial charge in [-0.2, -0.15) is 0 Å². The van der Waals surface area contributed by atoms with E-state index in [0.29, 0.717) is 18.0 Å². The highest BCUT2D eigenvalue weighted by Crippen LogP contribution is 2.22. The maximum absolute atomic E-state index is 12.3. The molecule has 0 aliphatic carbocycles. The molecule has 0 aromatic carbocycles. The molecule has 1 atom stereocenters. The van der Waals surface area contributed by atoms with E-state index in [9.17, 15) is 4.79 Å². The van der Waals surface area contributed by atoms with Crippen molar-refractivity contribution in [3.63, 3.8) is 0 Å². The zero-order valence-electron chi connectivity index (χ0n) is 10.2. The number of likely N-dealkylation sites (tertiary alicyclic amines) is 1. The van der Waals surface area contributed by atoms with E-state index in [4.69, 9.17) is 16.7 Å². The third-order valence-electron chi connectivity index (χ3n) is 3.33. The first-order valence-electron chi connectivity index (χ1n) is 6.23. The lowest BCUT2D eigenvalue weighted by Crippen LogP contribution is -2.40. The number of pyridine rings is 1. The van der Waals surface area contributed by atoms with Gasteiger partial charge in [0.2, 0.25) is 0 Å². The van der Waals surface area contributed by atoms with Gasteiger partial charge in [0, 0.05) is 25.9 Å². The van der Waals surface area contributed by atoms with Gasteiger partial charge >= 0.3 is 0 Å². The van der Waals surface area contributed by atoms with Crippen molar-refractivity contribution in [3.8, 4) is 0 Å². The summed E-state index contributed by atoms with van der Waals surface area (Å²) in [6, 6.07) is 3.42. The van der Waals surface area contributed by atoms with Crippen molar-refractivity contribution in [3.05, 3.63) is 29.0 Å². The summed E-state index contributed by atoms with van der Waals surface area (Å²) in [5.74, 6) is 0.332. The molecule has 1 amide bonds. The second-order valence-electron chi connectivity index (χ2n) is 4.61. The predicted molar refractivity (Wildman–Crippen MR) is 69.6 cm³/mol. The Hall–Kier alpha value is -1.13. The fourth-order valence-corrected chi connectivity index (χ4v) is 2.58. The zero-order valence-corrected chi connectivity index (χ0v) is 10.9. The smallest absolute Gasteiger partial charge is 0.256 e. The highest BCUT2D eigenvalue weighted by Gasteiger charge is 2.25. The van der Waals surface area contributed by atoms with E-state index < -0.39 is 0 Å². The van der Waals surface area contributed by atoms with Crippen molar-refractivity contribution in [1.29, 1.82) is 0 Å². The SMILES string of the molecule is O=C(c1cccnc1Cl)N1CCCC(CCO)C1. The summed E-state index contributed by atoms with van der Waals surface area (Å²) >= 11 is 5.94. The average Bonchev–Trinajstić information content (AvgIpc) is 2.39. The van der Waals surface area contributed by atoms with Crippen LogP contribution in [0.15, 0.2) is 18.3 Å². The van der Waals surface area contributed by atoms with E-state index in [1.54, 1.807) is 18.3 Å². The molecule has 1 aliphatic heterocycles.